The lowest BCUT2D eigenvalue weighted by Gasteiger charge is -2.34. The molecule has 3 aliphatic heterocycles. The highest BCUT2D eigenvalue weighted by atomic mass is 35.5. The van der Waals surface area contributed by atoms with Gasteiger partial charge in [-0.3, -0.25) is 14.4 Å². The van der Waals surface area contributed by atoms with E-state index in [9.17, 15) is 14.4 Å². The van der Waals surface area contributed by atoms with Crippen molar-refractivity contribution in [3.63, 3.8) is 0 Å². The number of piperidine rings is 1. The average molecular weight is 541 g/mol. The van der Waals surface area contributed by atoms with Crippen molar-refractivity contribution >= 4 is 35.0 Å². The molecule has 0 saturated carbocycles. The minimum absolute atomic E-state index is 0.0553. The first-order valence-corrected chi connectivity index (χ1v) is 14.0. The summed E-state index contributed by atoms with van der Waals surface area (Å²) in [5, 5.41) is 0.661. The number of aryl methyl sites for hydroxylation is 1. The minimum atomic E-state index is -0.0874. The molecular weight excluding hydrogens is 504 g/mol. The van der Waals surface area contributed by atoms with Crippen LogP contribution >= 0.6 is 11.6 Å². The van der Waals surface area contributed by atoms with Gasteiger partial charge in [-0.15, -0.1) is 0 Å². The van der Waals surface area contributed by atoms with Gasteiger partial charge in [-0.25, -0.2) is 0 Å². The van der Waals surface area contributed by atoms with Crippen molar-refractivity contribution in [2.75, 3.05) is 57.3 Å². The van der Waals surface area contributed by atoms with Crippen LogP contribution in [0.15, 0.2) is 41.2 Å². The number of rotatable bonds is 7. The van der Waals surface area contributed by atoms with Crippen LogP contribution in [0.4, 0.5) is 5.69 Å². The van der Waals surface area contributed by atoms with E-state index >= 15 is 0 Å². The zero-order chi connectivity index (χ0) is 26.8. The van der Waals surface area contributed by atoms with Gasteiger partial charge in [-0.1, -0.05) is 17.7 Å². The monoisotopic (exact) mass is 540 g/mol. The van der Waals surface area contributed by atoms with Gasteiger partial charge in [-0.2, -0.15) is 0 Å². The highest BCUT2D eigenvalue weighted by Gasteiger charge is 2.41. The molecule has 204 valence electrons. The van der Waals surface area contributed by atoms with Gasteiger partial charge in [-0.05, 0) is 68.3 Å². The number of carbonyl (C=O) groups is 3. The molecule has 8 nitrogen and oxygen atoms in total. The molecule has 1 aromatic carbocycles. The van der Waals surface area contributed by atoms with Gasteiger partial charge in [0.25, 0.3) is 5.91 Å². The molecule has 38 heavy (non-hydrogen) atoms. The molecule has 9 heteroatoms. The second-order valence-electron chi connectivity index (χ2n) is 11.1. The zero-order valence-electron chi connectivity index (χ0n) is 22.3. The molecule has 3 fully saturated rings. The lowest BCUT2D eigenvalue weighted by Crippen LogP contribution is -2.44. The Hall–Kier alpha value is -2.84. The number of hydrogen-bond acceptors (Lipinski definition) is 5. The number of likely N-dealkylation sites (tertiary alicyclic amines) is 3. The van der Waals surface area contributed by atoms with Crippen molar-refractivity contribution in [3.05, 3.63) is 52.9 Å². The summed E-state index contributed by atoms with van der Waals surface area (Å²) in [7, 11) is 0. The molecule has 0 radical (unpaired) electrons. The van der Waals surface area contributed by atoms with Crippen LogP contribution in [-0.2, 0) is 9.59 Å². The number of nitrogens with zero attached hydrogens (tertiary/aromatic N) is 4. The fourth-order valence-electron chi connectivity index (χ4n) is 6.24. The van der Waals surface area contributed by atoms with Crippen LogP contribution < -0.4 is 4.90 Å². The van der Waals surface area contributed by atoms with Gasteiger partial charge in [0, 0.05) is 69.4 Å². The van der Waals surface area contributed by atoms with Crippen LogP contribution in [0.3, 0.4) is 0 Å². The molecule has 1 aromatic heterocycles. The molecule has 2 unspecified atom stereocenters. The van der Waals surface area contributed by atoms with Crippen LogP contribution in [0.25, 0.3) is 0 Å². The number of benzene rings is 1. The van der Waals surface area contributed by atoms with Crippen LogP contribution in [0, 0.1) is 24.7 Å². The summed E-state index contributed by atoms with van der Waals surface area (Å²) in [6.45, 7) is 9.88. The molecule has 5 rings (SSSR count). The summed E-state index contributed by atoms with van der Waals surface area (Å²) in [5.74, 6) is 1.15. The molecule has 0 spiro atoms. The first kappa shape index (κ1) is 26.8. The summed E-state index contributed by atoms with van der Waals surface area (Å²) < 4.78 is 5.08. The van der Waals surface area contributed by atoms with E-state index in [2.05, 4.69) is 4.90 Å². The first-order chi connectivity index (χ1) is 18.3. The number of amides is 3. The molecule has 0 N–H and O–H groups in total. The maximum atomic E-state index is 13.7. The van der Waals surface area contributed by atoms with Crippen LogP contribution in [0.2, 0.25) is 5.02 Å². The predicted octanol–water partition coefficient (Wildman–Crippen LogP) is 3.93. The molecule has 2 atom stereocenters. The molecule has 0 bridgehead atoms. The second kappa shape index (κ2) is 11.5. The van der Waals surface area contributed by atoms with E-state index in [4.69, 9.17) is 16.0 Å². The van der Waals surface area contributed by atoms with E-state index in [1.165, 1.54) is 6.26 Å². The number of fused-ring (bicyclic) bond motifs is 1. The summed E-state index contributed by atoms with van der Waals surface area (Å²) in [6, 6.07) is 7.57. The number of halogens is 1. The molecule has 3 aliphatic rings. The number of carbonyl (C=O) groups excluding carboxylic acids is 3. The van der Waals surface area contributed by atoms with Crippen molar-refractivity contribution in [2.24, 2.45) is 17.8 Å². The van der Waals surface area contributed by atoms with E-state index in [0.29, 0.717) is 54.9 Å². The predicted molar refractivity (Wildman–Crippen MR) is 146 cm³/mol. The largest absolute Gasteiger partial charge is 0.472 e. The molecule has 3 saturated heterocycles. The third-order valence-electron chi connectivity index (χ3n) is 8.50. The van der Waals surface area contributed by atoms with Gasteiger partial charge in [0.15, 0.2) is 0 Å². The van der Waals surface area contributed by atoms with E-state index in [-0.39, 0.29) is 23.6 Å². The molecule has 2 aromatic rings. The lowest BCUT2D eigenvalue weighted by molar-refractivity contribution is -0.133. The van der Waals surface area contributed by atoms with Crippen molar-refractivity contribution < 1.29 is 18.8 Å². The van der Waals surface area contributed by atoms with Gasteiger partial charge in [0.2, 0.25) is 11.8 Å². The van der Waals surface area contributed by atoms with E-state index < -0.39 is 0 Å². The number of hydrogen-bond donors (Lipinski definition) is 0. The normalized spacial score (nSPS) is 22.1. The fourth-order valence-corrected chi connectivity index (χ4v) is 6.41. The summed E-state index contributed by atoms with van der Waals surface area (Å²) in [6.07, 6.45) is 5.31. The summed E-state index contributed by atoms with van der Waals surface area (Å²) in [4.78, 5) is 46.2. The van der Waals surface area contributed by atoms with Crippen molar-refractivity contribution in [3.8, 4) is 0 Å². The van der Waals surface area contributed by atoms with E-state index in [1.807, 2.05) is 39.8 Å². The Morgan fingerprint density at radius 3 is 2.34 bits per heavy atom. The number of anilines is 1. The highest BCUT2D eigenvalue weighted by molar-refractivity contribution is 6.31. The molecule has 3 amide bonds. The highest BCUT2D eigenvalue weighted by Crippen LogP contribution is 2.32. The van der Waals surface area contributed by atoms with E-state index in [0.717, 1.165) is 50.4 Å². The lowest BCUT2D eigenvalue weighted by atomic mass is 9.94. The smallest absolute Gasteiger partial charge is 0.257 e. The Morgan fingerprint density at radius 2 is 1.74 bits per heavy atom. The number of furan rings is 1. The second-order valence-corrected chi connectivity index (χ2v) is 11.5. The Morgan fingerprint density at radius 1 is 1.03 bits per heavy atom. The zero-order valence-corrected chi connectivity index (χ0v) is 23.0. The average Bonchev–Trinajstić information content (AvgIpc) is 3.65. The maximum absolute atomic E-state index is 13.7. The molecular formula is C29H37ClN4O4. The standard InChI is InChI=1S/C29H37ClN4O4/c1-20-4-5-26(14-27(20)30)34(29(37)22-6-11-32(12-7-22)21(2)35)10-3-9-31-15-24-17-33(18-25(24)16-31)28(36)23-8-13-38-19-23/h4-5,8,13-14,19,22,24-25H,3,6-7,9-12,15-18H2,1-2H3. The fraction of sp³-hybridized carbons (Fsp3) is 0.552. The maximum Gasteiger partial charge on any atom is 0.257 e. The van der Waals surface area contributed by atoms with Crippen LogP contribution in [-0.4, -0.2) is 84.8 Å². The quantitative estimate of drug-likeness (QED) is 0.532. The SMILES string of the molecule is CC(=O)N1CCC(C(=O)N(CCCN2CC3CN(C(=O)c4ccoc4)CC3C2)c2ccc(C)c(Cl)c2)CC1. The topological polar surface area (TPSA) is 77.3 Å². The van der Waals surface area contributed by atoms with E-state index in [1.54, 1.807) is 19.3 Å². The third kappa shape index (κ3) is 5.76. The van der Waals surface area contributed by atoms with Crippen LogP contribution in [0.1, 0.15) is 42.1 Å². The van der Waals surface area contributed by atoms with Gasteiger partial charge in [0.05, 0.1) is 11.8 Å². The Labute approximate surface area is 229 Å². The molecule has 4 heterocycles. The van der Waals surface area contributed by atoms with Crippen molar-refractivity contribution in [1.82, 2.24) is 14.7 Å². The van der Waals surface area contributed by atoms with Crippen molar-refractivity contribution in [2.45, 2.75) is 33.1 Å². The summed E-state index contributed by atoms with van der Waals surface area (Å²) >= 11 is 6.44. The Balaban J connectivity index is 1.16. The third-order valence-corrected chi connectivity index (χ3v) is 8.90. The first-order valence-electron chi connectivity index (χ1n) is 13.7. The van der Waals surface area contributed by atoms with Crippen LogP contribution in [0.5, 0.6) is 0 Å². The molecule has 0 aliphatic carbocycles. The van der Waals surface area contributed by atoms with Gasteiger partial charge in [0.1, 0.15) is 6.26 Å². The van der Waals surface area contributed by atoms with Gasteiger partial charge >= 0.3 is 0 Å². The summed E-state index contributed by atoms with van der Waals surface area (Å²) in [5.41, 5.74) is 2.45. The Bertz CT molecular complexity index is 1150. The van der Waals surface area contributed by atoms with Crippen molar-refractivity contribution in [1.29, 1.82) is 0 Å². The Kier molecular flexibility index (Phi) is 8.09. The van der Waals surface area contributed by atoms with Gasteiger partial charge < -0.3 is 24.0 Å². The minimum Gasteiger partial charge on any atom is -0.472 e.